The van der Waals surface area contributed by atoms with Gasteiger partial charge in [0.2, 0.25) is 0 Å². The van der Waals surface area contributed by atoms with Gasteiger partial charge in [0.1, 0.15) is 0 Å². The second-order valence-corrected chi connectivity index (χ2v) is 2.92. The van der Waals surface area contributed by atoms with E-state index >= 15 is 0 Å². The topological polar surface area (TPSA) is 119 Å². The third-order valence-corrected chi connectivity index (χ3v) is 1.68. The summed E-state index contributed by atoms with van der Waals surface area (Å²) in [4.78, 5) is 35.6. The standard InChI is InChI=1S/C9H8N2O6/c12-8(13)5-17-10-9(14)6-2-1-3-7(4-6)11(15)16/h1-4H,5H2,(H,10,14)(H,12,13). The molecular weight excluding hydrogens is 232 g/mol. The molecule has 17 heavy (non-hydrogen) atoms. The molecule has 8 nitrogen and oxygen atoms in total. The second kappa shape index (κ2) is 5.56. The second-order valence-electron chi connectivity index (χ2n) is 2.92. The first-order chi connectivity index (χ1) is 8.00. The molecule has 0 radical (unpaired) electrons. The van der Waals surface area contributed by atoms with Crippen molar-refractivity contribution in [1.29, 1.82) is 0 Å². The molecule has 1 rings (SSSR count). The first kappa shape index (κ1) is 12.6. The molecule has 2 N–H and O–H groups in total. The molecular formula is C9H8N2O6. The van der Waals surface area contributed by atoms with Crippen molar-refractivity contribution in [3.8, 4) is 0 Å². The number of carbonyl (C=O) groups is 2. The molecule has 0 saturated carbocycles. The fourth-order valence-corrected chi connectivity index (χ4v) is 0.983. The number of hydroxylamine groups is 1. The number of nitro groups is 1. The van der Waals surface area contributed by atoms with Crippen molar-refractivity contribution in [2.45, 2.75) is 0 Å². The van der Waals surface area contributed by atoms with Crippen molar-refractivity contribution in [1.82, 2.24) is 5.48 Å². The van der Waals surface area contributed by atoms with E-state index in [0.717, 1.165) is 6.07 Å². The van der Waals surface area contributed by atoms with Crippen LogP contribution < -0.4 is 5.48 Å². The van der Waals surface area contributed by atoms with Crippen LogP contribution in [-0.4, -0.2) is 28.5 Å². The summed E-state index contributed by atoms with van der Waals surface area (Å²) in [6.45, 7) is -0.694. The number of hydrogen-bond acceptors (Lipinski definition) is 5. The van der Waals surface area contributed by atoms with Crippen LogP contribution in [0.15, 0.2) is 24.3 Å². The van der Waals surface area contributed by atoms with Crippen LogP contribution in [-0.2, 0) is 9.63 Å². The SMILES string of the molecule is O=C(O)CONC(=O)c1cccc([N+](=O)[O-])c1. The summed E-state index contributed by atoms with van der Waals surface area (Å²) in [7, 11) is 0. The summed E-state index contributed by atoms with van der Waals surface area (Å²) in [5, 5.41) is 18.7. The molecule has 8 heteroatoms. The summed E-state index contributed by atoms with van der Waals surface area (Å²) in [5.41, 5.74) is 1.62. The number of amides is 1. The normalized spacial score (nSPS) is 9.65. The molecule has 0 bridgehead atoms. The van der Waals surface area contributed by atoms with Gasteiger partial charge in [0.25, 0.3) is 11.6 Å². The Labute approximate surface area is 94.9 Å². The van der Waals surface area contributed by atoms with E-state index in [2.05, 4.69) is 4.84 Å². The van der Waals surface area contributed by atoms with Gasteiger partial charge in [-0.05, 0) is 6.07 Å². The Hall–Kier alpha value is -2.48. The Balaban J connectivity index is 2.65. The molecule has 1 aromatic rings. The summed E-state index contributed by atoms with van der Waals surface area (Å²) in [6, 6.07) is 4.96. The summed E-state index contributed by atoms with van der Waals surface area (Å²) >= 11 is 0. The van der Waals surface area contributed by atoms with Gasteiger partial charge in [0.05, 0.1) is 4.92 Å². The molecule has 0 atom stereocenters. The van der Waals surface area contributed by atoms with Gasteiger partial charge in [-0.1, -0.05) is 6.07 Å². The highest BCUT2D eigenvalue weighted by atomic mass is 16.7. The zero-order chi connectivity index (χ0) is 12.8. The first-order valence-electron chi connectivity index (χ1n) is 4.39. The van der Waals surface area contributed by atoms with Crippen LogP contribution in [0, 0.1) is 10.1 Å². The van der Waals surface area contributed by atoms with Gasteiger partial charge in [-0.3, -0.25) is 19.7 Å². The average Bonchev–Trinajstić information content (AvgIpc) is 2.28. The van der Waals surface area contributed by atoms with Crippen molar-refractivity contribution in [2.75, 3.05) is 6.61 Å². The lowest BCUT2D eigenvalue weighted by Crippen LogP contribution is -2.26. The highest BCUT2D eigenvalue weighted by Crippen LogP contribution is 2.12. The lowest BCUT2D eigenvalue weighted by atomic mass is 10.2. The number of hydrogen-bond donors (Lipinski definition) is 2. The zero-order valence-corrected chi connectivity index (χ0v) is 8.45. The van der Waals surface area contributed by atoms with E-state index in [4.69, 9.17) is 5.11 Å². The van der Waals surface area contributed by atoms with Gasteiger partial charge < -0.3 is 5.11 Å². The van der Waals surface area contributed by atoms with Crippen LogP contribution >= 0.6 is 0 Å². The number of rotatable bonds is 5. The van der Waals surface area contributed by atoms with Gasteiger partial charge >= 0.3 is 5.97 Å². The molecule has 0 aliphatic carbocycles. The maximum atomic E-state index is 11.3. The van der Waals surface area contributed by atoms with E-state index in [0.29, 0.717) is 0 Å². The fraction of sp³-hybridized carbons (Fsp3) is 0.111. The van der Waals surface area contributed by atoms with E-state index < -0.39 is 23.4 Å². The van der Waals surface area contributed by atoms with Gasteiger partial charge in [0, 0.05) is 17.7 Å². The molecule has 1 aromatic carbocycles. The molecule has 0 saturated heterocycles. The van der Waals surface area contributed by atoms with E-state index in [1.54, 1.807) is 0 Å². The highest BCUT2D eigenvalue weighted by Gasteiger charge is 2.11. The number of nitrogens with zero attached hydrogens (tertiary/aromatic N) is 1. The molecule has 0 spiro atoms. The summed E-state index contributed by atoms with van der Waals surface area (Å²) < 4.78 is 0. The predicted octanol–water partition coefficient (Wildman–Crippen LogP) is 0.341. The van der Waals surface area contributed by atoms with E-state index in [1.807, 2.05) is 5.48 Å². The Morgan fingerprint density at radius 2 is 2.18 bits per heavy atom. The molecule has 0 fully saturated rings. The number of aliphatic carboxylic acids is 1. The molecule has 1 amide bonds. The van der Waals surface area contributed by atoms with Gasteiger partial charge in [0.15, 0.2) is 6.61 Å². The van der Waals surface area contributed by atoms with Crippen LogP contribution in [0.5, 0.6) is 0 Å². The van der Waals surface area contributed by atoms with E-state index in [1.165, 1.54) is 18.2 Å². The molecule has 0 aliphatic rings. The first-order valence-corrected chi connectivity index (χ1v) is 4.39. The van der Waals surface area contributed by atoms with E-state index in [9.17, 15) is 19.7 Å². The molecule has 0 heterocycles. The van der Waals surface area contributed by atoms with Crippen molar-refractivity contribution in [3.05, 3.63) is 39.9 Å². The lowest BCUT2D eigenvalue weighted by molar-refractivity contribution is -0.384. The van der Waals surface area contributed by atoms with Crippen LogP contribution in [0.2, 0.25) is 0 Å². The Kier molecular flexibility index (Phi) is 4.12. The Bertz CT molecular complexity index is 459. The van der Waals surface area contributed by atoms with Crippen molar-refractivity contribution in [2.24, 2.45) is 0 Å². The minimum atomic E-state index is -1.25. The number of carbonyl (C=O) groups excluding carboxylic acids is 1. The minimum absolute atomic E-state index is 0.00425. The zero-order valence-electron chi connectivity index (χ0n) is 8.45. The number of benzene rings is 1. The molecule has 90 valence electrons. The lowest BCUT2D eigenvalue weighted by Gasteiger charge is -2.03. The quantitative estimate of drug-likeness (QED) is 0.565. The van der Waals surface area contributed by atoms with Gasteiger partial charge in [-0.25, -0.2) is 10.3 Å². The number of non-ortho nitro benzene ring substituents is 1. The van der Waals surface area contributed by atoms with Crippen LogP contribution in [0.1, 0.15) is 10.4 Å². The largest absolute Gasteiger partial charge is 0.479 e. The minimum Gasteiger partial charge on any atom is -0.479 e. The van der Waals surface area contributed by atoms with Gasteiger partial charge in [-0.2, -0.15) is 0 Å². The maximum absolute atomic E-state index is 11.3. The third-order valence-electron chi connectivity index (χ3n) is 1.68. The number of carboxylic acid groups (broad SMARTS) is 1. The average molecular weight is 240 g/mol. The summed E-state index contributed by atoms with van der Waals surface area (Å²) in [6.07, 6.45) is 0. The molecule has 0 unspecified atom stereocenters. The molecule has 0 aliphatic heterocycles. The van der Waals surface area contributed by atoms with Crippen LogP contribution in [0.25, 0.3) is 0 Å². The van der Waals surface area contributed by atoms with Crippen molar-refractivity contribution in [3.63, 3.8) is 0 Å². The number of carboxylic acids is 1. The number of nitrogens with one attached hydrogen (secondary N) is 1. The van der Waals surface area contributed by atoms with Crippen molar-refractivity contribution >= 4 is 17.6 Å². The Morgan fingerprint density at radius 1 is 1.47 bits per heavy atom. The van der Waals surface area contributed by atoms with Crippen LogP contribution in [0.4, 0.5) is 5.69 Å². The van der Waals surface area contributed by atoms with Crippen LogP contribution in [0.3, 0.4) is 0 Å². The predicted molar refractivity (Wildman–Crippen MR) is 54.2 cm³/mol. The summed E-state index contributed by atoms with van der Waals surface area (Å²) in [5.74, 6) is -2.00. The fourth-order valence-electron chi connectivity index (χ4n) is 0.983. The third kappa shape index (κ3) is 3.87. The van der Waals surface area contributed by atoms with Gasteiger partial charge in [-0.15, -0.1) is 0 Å². The highest BCUT2D eigenvalue weighted by molar-refractivity contribution is 5.94. The maximum Gasteiger partial charge on any atom is 0.332 e. The van der Waals surface area contributed by atoms with Crippen molar-refractivity contribution < 1.29 is 24.5 Å². The Morgan fingerprint density at radius 3 is 2.76 bits per heavy atom. The van der Waals surface area contributed by atoms with E-state index in [-0.39, 0.29) is 11.3 Å². The number of nitro benzene ring substituents is 1. The smallest absolute Gasteiger partial charge is 0.332 e. The monoisotopic (exact) mass is 240 g/mol. The molecule has 0 aromatic heterocycles.